The minimum absolute atomic E-state index is 0.237. The molecule has 128 valence electrons. The number of rotatable bonds is 6. The van der Waals surface area contributed by atoms with Gasteiger partial charge in [-0.2, -0.15) is 0 Å². The molecule has 1 saturated carbocycles. The Kier molecular flexibility index (Phi) is 4.69. The number of nitrogens with one attached hydrogen (secondary N) is 1. The Hall–Kier alpha value is -1.63. The van der Waals surface area contributed by atoms with Crippen LogP contribution in [0.15, 0.2) is 23.6 Å². The number of hydrogen-bond donors (Lipinski definition) is 2. The lowest BCUT2D eigenvalue weighted by molar-refractivity contribution is 0.109. The highest BCUT2D eigenvalue weighted by atomic mass is 32.1. The van der Waals surface area contributed by atoms with Crippen molar-refractivity contribution >= 4 is 11.3 Å². The maximum atomic E-state index is 10.2. The van der Waals surface area contributed by atoms with Gasteiger partial charge in [0.15, 0.2) is 11.5 Å². The Bertz CT molecular complexity index is 697. The molecule has 6 heteroatoms. The molecule has 2 aromatic rings. The van der Waals surface area contributed by atoms with Crippen LogP contribution in [0, 0.1) is 5.92 Å². The zero-order valence-electron chi connectivity index (χ0n) is 13.5. The van der Waals surface area contributed by atoms with Gasteiger partial charge < -0.3 is 19.9 Å². The van der Waals surface area contributed by atoms with Crippen molar-refractivity contribution in [3.05, 3.63) is 29.3 Å². The molecule has 2 heterocycles. The quantitative estimate of drug-likeness (QED) is 0.841. The molecule has 1 unspecified atom stereocenters. The standard InChI is InChI=1S/C18H22N2O3S/c21-15(12-3-1-2-4-12)9-19-8-14-10-24-18(20-14)13-5-6-16-17(7-13)23-11-22-16/h5-7,10,12,15,19,21H,1-4,8-9,11H2. The van der Waals surface area contributed by atoms with Crippen LogP contribution in [-0.2, 0) is 6.54 Å². The van der Waals surface area contributed by atoms with Crippen LogP contribution in [0.25, 0.3) is 10.6 Å². The van der Waals surface area contributed by atoms with Crippen LogP contribution < -0.4 is 14.8 Å². The Morgan fingerprint density at radius 1 is 1.25 bits per heavy atom. The Labute approximate surface area is 145 Å². The summed E-state index contributed by atoms with van der Waals surface area (Å²) in [7, 11) is 0. The summed E-state index contributed by atoms with van der Waals surface area (Å²) in [5.41, 5.74) is 2.05. The third kappa shape index (κ3) is 3.41. The predicted molar refractivity (Wildman–Crippen MR) is 93.3 cm³/mol. The van der Waals surface area contributed by atoms with Gasteiger partial charge in [0.1, 0.15) is 5.01 Å². The van der Waals surface area contributed by atoms with Gasteiger partial charge >= 0.3 is 0 Å². The molecule has 1 atom stereocenters. The molecule has 1 aliphatic carbocycles. The third-order valence-electron chi connectivity index (χ3n) is 4.77. The van der Waals surface area contributed by atoms with E-state index in [-0.39, 0.29) is 12.9 Å². The largest absolute Gasteiger partial charge is 0.454 e. The highest BCUT2D eigenvalue weighted by molar-refractivity contribution is 7.13. The summed E-state index contributed by atoms with van der Waals surface area (Å²) >= 11 is 1.62. The summed E-state index contributed by atoms with van der Waals surface area (Å²) < 4.78 is 10.8. The second kappa shape index (κ2) is 7.09. The normalized spacial score (nSPS) is 18.2. The van der Waals surface area contributed by atoms with Gasteiger partial charge in [0.05, 0.1) is 11.8 Å². The number of aliphatic hydroxyl groups is 1. The van der Waals surface area contributed by atoms with Crippen LogP contribution in [0.5, 0.6) is 11.5 Å². The van der Waals surface area contributed by atoms with Gasteiger partial charge in [-0.1, -0.05) is 12.8 Å². The van der Waals surface area contributed by atoms with Crippen LogP contribution in [0.1, 0.15) is 31.4 Å². The van der Waals surface area contributed by atoms with Crippen LogP contribution >= 0.6 is 11.3 Å². The van der Waals surface area contributed by atoms with Crippen LogP contribution in [-0.4, -0.2) is 29.5 Å². The van der Waals surface area contributed by atoms with Crippen molar-refractivity contribution in [1.29, 1.82) is 0 Å². The second-order valence-corrected chi connectivity index (χ2v) is 7.31. The predicted octanol–water partition coefficient (Wildman–Crippen LogP) is 3.18. The molecule has 24 heavy (non-hydrogen) atoms. The van der Waals surface area contributed by atoms with Crippen molar-refractivity contribution in [1.82, 2.24) is 10.3 Å². The van der Waals surface area contributed by atoms with Gasteiger partial charge in [0, 0.05) is 24.0 Å². The van der Waals surface area contributed by atoms with Crippen molar-refractivity contribution in [3.63, 3.8) is 0 Å². The minimum Gasteiger partial charge on any atom is -0.454 e. The van der Waals surface area contributed by atoms with Gasteiger partial charge in [0.2, 0.25) is 6.79 Å². The Morgan fingerprint density at radius 3 is 2.96 bits per heavy atom. The van der Waals surface area contributed by atoms with E-state index in [0.29, 0.717) is 19.0 Å². The molecule has 4 rings (SSSR count). The molecule has 1 aromatic heterocycles. The first kappa shape index (κ1) is 15.9. The van der Waals surface area contributed by atoms with Crippen LogP contribution in [0.4, 0.5) is 0 Å². The maximum Gasteiger partial charge on any atom is 0.231 e. The second-order valence-electron chi connectivity index (χ2n) is 6.45. The van der Waals surface area contributed by atoms with Crippen molar-refractivity contribution in [2.24, 2.45) is 5.92 Å². The van der Waals surface area contributed by atoms with E-state index in [1.165, 1.54) is 12.8 Å². The number of aromatic nitrogens is 1. The molecule has 0 bridgehead atoms. The number of ether oxygens (including phenoxy) is 2. The van der Waals surface area contributed by atoms with E-state index < -0.39 is 0 Å². The fourth-order valence-electron chi connectivity index (χ4n) is 3.41. The zero-order chi connectivity index (χ0) is 16.4. The van der Waals surface area contributed by atoms with E-state index in [2.05, 4.69) is 15.7 Å². The highest BCUT2D eigenvalue weighted by Crippen LogP contribution is 2.36. The molecule has 0 spiro atoms. The molecule has 0 saturated heterocycles. The molecule has 0 radical (unpaired) electrons. The third-order valence-corrected chi connectivity index (χ3v) is 5.72. The lowest BCUT2D eigenvalue weighted by atomic mass is 10.0. The maximum absolute atomic E-state index is 10.2. The highest BCUT2D eigenvalue weighted by Gasteiger charge is 2.22. The summed E-state index contributed by atoms with van der Waals surface area (Å²) in [5.74, 6) is 2.04. The average molecular weight is 346 g/mol. The van der Waals surface area contributed by atoms with Crippen molar-refractivity contribution in [2.45, 2.75) is 38.3 Å². The van der Waals surface area contributed by atoms with Gasteiger partial charge in [0.25, 0.3) is 0 Å². The van der Waals surface area contributed by atoms with E-state index in [9.17, 15) is 5.11 Å². The van der Waals surface area contributed by atoms with Crippen molar-refractivity contribution in [2.75, 3.05) is 13.3 Å². The first-order valence-corrected chi connectivity index (χ1v) is 9.41. The number of benzene rings is 1. The fourth-order valence-corrected chi connectivity index (χ4v) is 4.22. The Balaban J connectivity index is 1.33. The summed E-state index contributed by atoms with van der Waals surface area (Å²) in [5, 5.41) is 16.6. The van der Waals surface area contributed by atoms with E-state index in [1.54, 1.807) is 11.3 Å². The molecular weight excluding hydrogens is 324 g/mol. The number of fused-ring (bicyclic) bond motifs is 1. The number of aliphatic hydroxyl groups excluding tert-OH is 1. The lowest BCUT2D eigenvalue weighted by Gasteiger charge is -2.17. The zero-order valence-corrected chi connectivity index (χ0v) is 14.3. The molecule has 1 fully saturated rings. The number of hydrogen-bond acceptors (Lipinski definition) is 6. The van der Waals surface area contributed by atoms with E-state index in [0.717, 1.165) is 40.6 Å². The summed E-state index contributed by atoms with van der Waals surface area (Å²) in [6.07, 6.45) is 4.60. The van der Waals surface area contributed by atoms with Gasteiger partial charge in [-0.25, -0.2) is 4.98 Å². The Morgan fingerprint density at radius 2 is 2.08 bits per heavy atom. The molecule has 1 aliphatic heterocycles. The van der Waals surface area contributed by atoms with Crippen molar-refractivity contribution < 1.29 is 14.6 Å². The monoisotopic (exact) mass is 346 g/mol. The molecule has 0 amide bonds. The molecular formula is C18H22N2O3S. The van der Waals surface area contributed by atoms with Gasteiger partial charge in [-0.05, 0) is 37.0 Å². The average Bonchev–Trinajstić information content (AvgIpc) is 3.34. The SMILES string of the molecule is OC(CNCc1csc(-c2ccc3c(c2)OCO3)n1)C1CCCC1. The molecule has 1 aromatic carbocycles. The summed E-state index contributed by atoms with van der Waals surface area (Å²) in [6, 6.07) is 5.91. The fraction of sp³-hybridized carbons (Fsp3) is 0.500. The van der Waals surface area contributed by atoms with Crippen molar-refractivity contribution in [3.8, 4) is 22.1 Å². The molecule has 2 aliphatic rings. The van der Waals surface area contributed by atoms with Crippen LogP contribution in [0.2, 0.25) is 0 Å². The lowest BCUT2D eigenvalue weighted by Crippen LogP contribution is -2.31. The first-order chi connectivity index (χ1) is 11.8. The number of nitrogens with zero attached hydrogens (tertiary/aromatic N) is 1. The van der Waals surface area contributed by atoms with Gasteiger partial charge in [-0.3, -0.25) is 0 Å². The van der Waals surface area contributed by atoms with Gasteiger partial charge in [-0.15, -0.1) is 11.3 Å². The van der Waals surface area contributed by atoms with E-state index >= 15 is 0 Å². The topological polar surface area (TPSA) is 63.6 Å². The smallest absolute Gasteiger partial charge is 0.231 e. The minimum atomic E-state index is -0.237. The summed E-state index contributed by atoms with van der Waals surface area (Å²) in [6.45, 7) is 1.61. The molecule has 2 N–H and O–H groups in total. The number of thiazole rings is 1. The first-order valence-electron chi connectivity index (χ1n) is 8.53. The van der Waals surface area contributed by atoms with Crippen LogP contribution in [0.3, 0.4) is 0 Å². The van der Waals surface area contributed by atoms with E-state index in [4.69, 9.17) is 9.47 Å². The molecule has 5 nitrogen and oxygen atoms in total. The van der Waals surface area contributed by atoms with E-state index in [1.807, 2.05) is 18.2 Å². The summed E-state index contributed by atoms with van der Waals surface area (Å²) in [4.78, 5) is 4.68.